The number of aliphatic hydroxyl groups is 3. The predicted molar refractivity (Wildman–Crippen MR) is 147 cm³/mol. The van der Waals surface area contributed by atoms with Gasteiger partial charge in [-0.25, -0.2) is 4.98 Å². The van der Waals surface area contributed by atoms with E-state index in [2.05, 4.69) is 10.1 Å². The fourth-order valence-corrected chi connectivity index (χ4v) is 5.17. The smallest absolute Gasteiger partial charge is 0.233 e. The second-order valence-electron chi connectivity index (χ2n) is 10.4. The molecule has 5 rings (SSSR count). The first-order valence-electron chi connectivity index (χ1n) is 13.2. The Balaban J connectivity index is 1.43. The highest BCUT2D eigenvalue weighted by Gasteiger charge is 2.38. The Bertz CT molecular complexity index is 1520. The molecule has 0 radical (unpaired) electrons. The summed E-state index contributed by atoms with van der Waals surface area (Å²) in [6, 6.07) is 5.77. The number of nitrogens with two attached hydrogens (primary N) is 1. The van der Waals surface area contributed by atoms with Crippen LogP contribution in [0.1, 0.15) is 41.7 Å². The van der Waals surface area contributed by atoms with Crippen LogP contribution < -0.4 is 5.73 Å². The van der Waals surface area contributed by atoms with Crippen molar-refractivity contribution in [3.63, 3.8) is 0 Å². The summed E-state index contributed by atoms with van der Waals surface area (Å²) >= 11 is 0. The van der Waals surface area contributed by atoms with Crippen LogP contribution >= 0.6 is 0 Å². The first-order valence-corrected chi connectivity index (χ1v) is 13.2. The van der Waals surface area contributed by atoms with Crippen molar-refractivity contribution in [2.45, 2.75) is 32.2 Å². The van der Waals surface area contributed by atoms with Crippen LogP contribution in [0, 0.1) is 5.41 Å². The van der Waals surface area contributed by atoms with Gasteiger partial charge in [0.1, 0.15) is 5.82 Å². The zero-order valence-corrected chi connectivity index (χ0v) is 22.3. The van der Waals surface area contributed by atoms with Gasteiger partial charge < -0.3 is 30.5 Å². The quantitative estimate of drug-likeness (QED) is 0.226. The largest absolute Gasteiger partial charge is 0.395 e. The van der Waals surface area contributed by atoms with Crippen molar-refractivity contribution in [1.82, 2.24) is 29.0 Å². The predicted octanol–water partition coefficient (Wildman–Crippen LogP) is 1.34. The summed E-state index contributed by atoms with van der Waals surface area (Å²) in [6.45, 7) is 2.04. The number of aromatic nitrogens is 5. The average molecular weight is 548 g/mol. The highest BCUT2D eigenvalue weighted by molar-refractivity contribution is 5.87. The van der Waals surface area contributed by atoms with E-state index in [0.717, 1.165) is 22.4 Å². The number of hydrogen-bond donors (Lipinski definition) is 4. The molecule has 1 amide bonds. The summed E-state index contributed by atoms with van der Waals surface area (Å²) in [5, 5.41) is 32.8. The molecule has 5 N–H and O–H groups in total. The van der Waals surface area contributed by atoms with E-state index >= 15 is 0 Å². The van der Waals surface area contributed by atoms with Crippen molar-refractivity contribution in [1.29, 1.82) is 0 Å². The number of nitrogen functional groups attached to an aromatic ring is 1. The highest BCUT2D eigenvalue weighted by atomic mass is 16.3. The third kappa shape index (κ3) is 4.85. The lowest BCUT2D eigenvalue weighted by Gasteiger charge is -2.37. The van der Waals surface area contributed by atoms with Crippen LogP contribution in [-0.4, -0.2) is 89.5 Å². The molecular formula is C28H33N7O5. The second-order valence-corrected chi connectivity index (χ2v) is 10.4. The molecule has 0 unspecified atom stereocenters. The Morgan fingerprint density at radius 2 is 1.88 bits per heavy atom. The van der Waals surface area contributed by atoms with Crippen LogP contribution in [0.3, 0.4) is 0 Å². The van der Waals surface area contributed by atoms with Gasteiger partial charge >= 0.3 is 0 Å². The van der Waals surface area contributed by atoms with E-state index in [0.29, 0.717) is 50.1 Å². The maximum absolute atomic E-state index is 12.9. The minimum absolute atomic E-state index is 0.0588. The molecule has 0 bridgehead atoms. The summed E-state index contributed by atoms with van der Waals surface area (Å²) in [6.07, 6.45) is 9.01. The van der Waals surface area contributed by atoms with Gasteiger partial charge in [-0.3, -0.25) is 14.6 Å². The van der Waals surface area contributed by atoms with Gasteiger partial charge in [0.15, 0.2) is 11.9 Å². The van der Waals surface area contributed by atoms with E-state index in [1.165, 1.54) is 11.4 Å². The molecular weight excluding hydrogens is 514 g/mol. The molecule has 0 atom stereocenters. The lowest BCUT2D eigenvalue weighted by molar-refractivity contribution is -0.147. The zero-order chi connectivity index (χ0) is 28.4. The van der Waals surface area contributed by atoms with Gasteiger partial charge in [0, 0.05) is 60.8 Å². The number of aliphatic hydroxyl groups excluding tert-OH is 3. The fourth-order valence-electron chi connectivity index (χ4n) is 5.17. The molecule has 12 heteroatoms. The molecule has 5 heterocycles. The average Bonchev–Trinajstić information content (AvgIpc) is 3.64. The first-order chi connectivity index (χ1) is 19.3. The maximum Gasteiger partial charge on any atom is 0.233 e. The Morgan fingerprint density at radius 3 is 2.50 bits per heavy atom. The van der Waals surface area contributed by atoms with Gasteiger partial charge in [-0.2, -0.15) is 9.61 Å². The zero-order valence-electron chi connectivity index (χ0n) is 22.3. The minimum atomic E-state index is -1.23. The van der Waals surface area contributed by atoms with Crippen LogP contribution in [0.4, 0.5) is 5.82 Å². The molecule has 0 aliphatic carbocycles. The summed E-state index contributed by atoms with van der Waals surface area (Å²) in [4.78, 5) is 36.1. The Labute approximate surface area is 230 Å². The highest BCUT2D eigenvalue weighted by Crippen LogP contribution is 2.35. The number of pyridine rings is 1. The molecule has 4 aromatic rings. The molecule has 1 aliphatic rings. The summed E-state index contributed by atoms with van der Waals surface area (Å²) in [5.74, 6) is -0.214. The van der Waals surface area contributed by atoms with Crippen molar-refractivity contribution >= 4 is 23.7 Å². The molecule has 40 heavy (non-hydrogen) atoms. The van der Waals surface area contributed by atoms with Crippen molar-refractivity contribution in [2.24, 2.45) is 5.41 Å². The molecule has 0 saturated carbocycles. The Morgan fingerprint density at radius 1 is 1.12 bits per heavy atom. The number of fused-ring (bicyclic) bond motifs is 1. The Kier molecular flexibility index (Phi) is 7.66. The number of piperidine rings is 1. The molecule has 210 valence electrons. The van der Waals surface area contributed by atoms with Crippen molar-refractivity contribution in [3.8, 4) is 22.4 Å². The van der Waals surface area contributed by atoms with Crippen molar-refractivity contribution < 1.29 is 24.9 Å². The van der Waals surface area contributed by atoms with E-state index in [-0.39, 0.29) is 29.8 Å². The number of carbonyl (C=O) groups is 2. The lowest BCUT2D eigenvalue weighted by Crippen LogP contribution is -2.49. The van der Waals surface area contributed by atoms with E-state index in [1.54, 1.807) is 17.3 Å². The number of carbonyl (C=O) groups excluding carboxylic acids is 2. The number of hydrogen-bond acceptors (Lipinski definition) is 9. The maximum atomic E-state index is 12.9. The number of likely N-dealkylation sites (tertiary alicyclic amines) is 1. The number of nitrogens with zero attached hydrogens (tertiary/aromatic N) is 6. The molecule has 1 saturated heterocycles. The normalized spacial score (nSPS) is 14.7. The van der Waals surface area contributed by atoms with Gasteiger partial charge in [-0.15, -0.1) is 0 Å². The minimum Gasteiger partial charge on any atom is -0.395 e. The van der Waals surface area contributed by atoms with Crippen LogP contribution in [0.2, 0.25) is 0 Å². The fraction of sp³-hybridized carbons (Fsp3) is 0.393. The number of anilines is 1. The van der Waals surface area contributed by atoms with Gasteiger partial charge in [0.25, 0.3) is 0 Å². The van der Waals surface area contributed by atoms with Gasteiger partial charge in [0.05, 0.1) is 48.4 Å². The third-order valence-corrected chi connectivity index (χ3v) is 7.73. The second kappa shape index (κ2) is 11.2. The Hall–Kier alpha value is -4.13. The standard InChI is InChI=1S/C28H33N7O5/c1-28(16-38,17-39)27(40)34-8-5-18(6-9-34)24-22(15-37)25(29)35-26(32-24)21(13-31-35)19-2-3-23(30-12-19)20-4-7-33(14-20)10-11-36/h2-4,7,12-15,18,36,38-39H,5-6,8-11,16-17,29H2,1H3. The number of amides is 1. The van der Waals surface area contributed by atoms with E-state index in [9.17, 15) is 19.8 Å². The topological polar surface area (TPSA) is 172 Å². The monoisotopic (exact) mass is 547 g/mol. The summed E-state index contributed by atoms with van der Waals surface area (Å²) in [7, 11) is 0. The van der Waals surface area contributed by atoms with Crippen LogP contribution in [0.25, 0.3) is 28.0 Å². The third-order valence-electron chi connectivity index (χ3n) is 7.73. The molecule has 0 aromatic carbocycles. The van der Waals surface area contributed by atoms with E-state index in [4.69, 9.17) is 15.8 Å². The molecule has 0 spiro atoms. The summed E-state index contributed by atoms with van der Waals surface area (Å²) in [5.41, 5.74) is 9.75. The van der Waals surface area contributed by atoms with Crippen molar-refractivity contribution in [3.05, 3.63) is 54.2 Å². The van der Waals surface area contributed by atoms with E-state index < -0.39 is 18.6 Å². The first kappa shape index (κ1) is 27.4. The number of aldehydes is 1. The van der Waals surface area contributed by atoms with Gasteiger partial charge in [0.2, 0.25) is 5.91 Å². The van der Waals surface area contributed by atoms with Gasteiger partial charge in [-0.1, -0.05) is 6.07 Å². The summed E-state index contributed by atoms with van der Waals surface area (Å²) < 4.78 is 3.35. The van der Waals surface area contributed by atoms with Crippen molar-refractivity contribution in [2.75, 3.05) is 38.6 Å². The SMILES string of the molecule is CC(CO)(CO)C(=O)N1CCC(c2nc3c(-c4ccc(-c5ccn(CCO)c5)nc4)cnn3c(N)c2C=O)CC1. The van der Waals surface area contributed by atoms with E-state index in [1.807, 2.05) is 35.2 Å². The molecule has 1 fully saturated rings. The lowest BCUT2D eigenvalue weighted by atomic mass is 9.87. The van der Waals surface area contributed by atoms with Crippen LogP contribution in [-0.2, 0) is 11.3 Å². The van der Waals surface area contributed by atoms with Crippen LogP contribution in [0.15, 0.2) is 43.0 Å². The molecule has 4 aromatic heterocycles. The van der Waals surface area contributed by atoms with Gasteiger partial charge in [-0.05, 0) is 31.9 Å². The molecule has 1 aliphatic heterocycles. The number of rotatable bonds is 9. The molecule has 12 nitrogen and oxygen atoms in total. The van der Waals surface area contributed by atoms with Crippen LogP contribution in [0.5, 0.6) is 0 Å².